The second kappa shape index (κ2) is 7.25. The number of imide groups is 1. The van der Waals surface area contributed by atoms with E-state index < -0.39 is 24.6 Å². The van der Waals surface area contributed by atoms with Gasteiger partial charge in [0.05, 0.1) is 19.4 Å². The van der Waals surface area contributed by atoms with Crippen molar-refractivity contribution in [3.63, 3.8) is 0 Å². The van der Waals surface area contributed by atoms with Gasteiger partial charge >= 0.3 is 6.03 Å². The summed E-state index contributed by atoms with van der Waals surface area (Å²) in [5.74, 6) is 0.235. The highest BCUT2D eigenvalue weighted by molar-refractivity contribution is 9.10. The summed E-state index contributed by atoms with van der Waals surface area (Å²) >= 11 is 3.33. The van der Waals surface area contributed by atoms with E-state index in [9.17, 15) is 14.7 Å². The van der Waals surface area contributed by atoms with Crippen LogP contribution in [-0.2, 0) is 11.3 Å². The number of methoxy groups -OCH3 is 1. The Morgan fingerprint density at radius 1 is 1.16 bits per heavy atom. The number of carbonyl (C=O) groups excluding carboxylic acids is 2. The summed E-state index contributed by atoms with van der Waals surface area (Å²) in [4.78, 5) is 27.9. The van der Waals surface area contributed by atoms with Crippen LogP contribution < -0.4 is 9.64 Å². The average molecular weight is 405 g/mol. The summed E-state index contributed by atoms with van der Waals surface area (Å²) in [7, 11) is 1.56. The Morgan fingerprint density at radius 3 is 2.52 bits per heavy atom. The zero-order valence-corrected chi connectivity index (χ0v) is 15.1. The molecular formula is C18H17BrN2O4. The summed E-state index contributed by atoms with van der Waals surface area (Å²) in [6, 6.07) is 12.8. The van der Waals surface area contributed by atoms with Gasteiger partial charge in [-0.3, -0.25) is 4.79 Å². The molecule has 1 N–H and O–H groups in total. The normalized spacial score (nSPS) is 17.3. The maximum atomic E-state index is 12.8. The van der Waals surface area contributed by atoms with E-state index in [1.54, 1.807) is 43.5 Å². The molecule has 1 heterocycles. The zero-order chi connectivity index (χ0) is 18.0. The highest BCUT2D eigenvalue weighted by Gasteiger charge is 2.45. The monoisotopic (exact) mass is 404 g/mol. The van der Waals surface area contributed by atoms with E-state index in [4.69, 9.17) is 4.74 Å². The van der Waals surface area contributed by atoms with Crippen LogP contribution in [0.3, 0.4) is 0 Å². The molecule has 7 heteroatoms. The van der Waals surface area contributed by atoms with Crippen molar-refractivity contribution in [3.8, 4) is 5.75 Å². The predicted molar refractivity (Wildman–Crippen MR) is 96.4 cm³/mol. The molecule has 130 valence electrons. The van der Waals surface area contributed by atoms with E-state index in [0.717, 1.165) is 14.9 Å². The second-order valence-corrected chi connectivity index (χ2v) is 6.53. The number of halogens is 1. The molecule has 0 aromatic heterocycles. The quantitative estimate of drug-likeness (QED) is 0.777. The predicted octanol–water partition coefficient (Wildman–Crippen LogP) is 2.79. The molecule has 3 amide bonds. The molecule has 0 aliphatic carbocycles. The fourth-order valence-electron chi connectivity index (χ4n) is 2.79. The number of nitrogens with zero attached hydrogens (tertiary/aromatic N) is 2. The van der Waals surface area contributed by atoms with Gasteiger partial charge in [0.15, 0.2) is 0 Å². The third-order valence-corrected chi connectivity index (χ3v) is 4.59. The van der Waals surface area contributed by atoms with Crippen LogP contribution in [0, 0.1) is 0 Å². The molecular weight excluding hydrogens is 388 g/mol. The van der Waals surface area contributed by atoms with Gasteiger partial charge in [-0.2, -0.15) is 0 Å². The van der Waals surface area contributed by atoms with Crippen molar-refractivity contribution in [3.05, 3.63) is 58.6 Å². The van der Waals surface area contributed by atoms with Crippen LogP contribution in [-0.4, -0.2) is 41.7 Å². The first-order chi connectivity index (χ1) is 12.0. The van der Waals surface area contributed by atoms with Gasteiger partial charge in [0.1, 0.15) is 11.8 Å². The number of ether oxygens (including phenoxy) is 1. The van der Waals surface area contributed by atoms with E-state index >= 15 is 0 Å². The molecule has 2 aromatic carbocycles. The Bertz CT molecular complexity index is 794. The van der Waals surface area contributed by atoms with E-state index in [2.05, 4.69) is 15.9 Å². The Kier molecular flexibility index (Phi) is 5.06. The minimum Gasteiger partial charge on any atom is -0.497 e. The van der Waals surface area contributed by atoms with Gasteiger partial charge in [-0.25, -0.2) is 9.69 Å². The Balaban J connectivity index is 1.89. The number of anilines is 1. The van der Waals surface area contributed by atoms with Crippen LogP contribution in [0.4, 0.5) is 10.5 Å². The molecule has 1 fully saturated rings. The Morgan fingerprint density at radius 2 is 1.88 bits per heavy atom. The molecule has 6 nitrogen and oxygen atoms in total. The van der Waals surface area contributed by atoms with Crippen molar-refractivity contribution in [1.29, 1.82) is 0 Å². The lowest BCUT2D eigenvalue weighted by Crippen LogP contribution is -2.37. The first-order valence-corrected chi connectivity index (χ1v) is 8.48. The SMILES string of the molecule is COc1cccc(CN2C(=O)N(c3ccc(Br)cc3)C(=O)[C@@H]2CO)c1. The number of carbonyl (C=O) groups is 2. The van der Waals surface area contributed by atoms with Crippen LogP contribution in [0.5, 0.6) is 5.75 Å². The van der Waals surface area contributed by atoms with Gasteiger partial charge in [0.2, 0.25) is 0 Å². The van der Waals surface area contributed by atoms with E-state index in [1.165, 1.54) is 4.90 Å². The van der Waals surface area contributed by atoms with E-state index in [-0.39, 0.29) is 6.54 Å². The lowest BCUT2D eigenvalue weighted by molar-refractivity contribution is -0.120. The number of hydrogen-bond acceptors (Lipinski definition) is 4. The molecule has 0 saturated carbocycles. The number of hydrogen-bond donors (Lipinski definition) is 1. The fourth-order valence-corrected chi connectivity index (χ4v) is 3.05. The average Bonchev–Trinajstić information content (AvgIpc) is 2.86. The molecule has 1 aliphatic rings. The Hall–Kier alpha value is -2.38. The standard InChI is InChI=1S/C18H17BrN2O4/c1-25-15-4-2-3-12(9-15)10-20-16(11-22)17(23)21(18(20)24)14-7-5-13(19)6-8-14/h2-9,16,22H,10-11H2,1H3/t16-/m0/s1. The van der Waals surface area contributed by atoms with Crippen molar-refractivity contribution < 1.29 is 19.4 Å². The number of urea groups is 1. The summed E-state index contributed by atoms with van der Waals surface area (Å²) < 4.78 is 6.04. The molecule has 0 spiro atoms. The molecule has 1 aliphatic heterocycles. The third-order valence-electron chi connectivity index (χ3n) is 4.06. The highest BCUT2D eigenvalue weighted by Crippen LogP contribution is 2.28. The van der Waals surface area contributed by atoms with Crippen molar-refractivity contribution in [2.75, 3.05) is 18.6 Å². The van der Waals surface area contributed by atoms with E-state index in [1.807, 2.05) is 12.1 Å². The van der Waals surface area contributed by atoms with Crippen molar-refractivity contribution in [2.24, 2.45) is 0 Å². The second-order valence-electron chi connectivity index (χ2n) is 5.61. The van der Waals surface area contributed by atoms with Gasteiger partial charge in [-0.05, 0) is 42.0 Å². The third kappa shape index (κ3) is 3.38. The minimum absolute atomic E-state index is 0.208. The number of benzene rings is 2. The van der Waals surface area contributed by atoms with Crippen molar-refractivity contribution in [2.45, 2.75) is 12.6 Å². The van der Waals surface area contributed by atoms with E-state index in [0.29, 0.717) is 11.4 Å². The van der Waals surface area contributed by atoms with Crippen molar-refractivity contribution >= 4 is 33.6 Å². The minimum atomic E-state index is -0.901. The molecule has 0 unspecified atom stereocenters. The largest absolute Gasteiger partial charge is 0.497 e. The molecule has 25 heavy (non-hydrogen) atoms. The van der Waals surface area contributed by atoms with Crippen LogP contribution in [0.2, 0.25) is 0 Å². The smallest absolute Gasteiger partial charge is 0.332 e. The van der Waals surface area contributed by atoms with Gasteiger partial charge in [-0.15, -0.1) is 0 Å². The molecule has 3 rings (SSSR count). The molecule has 0 bridgehead atoms. The maximum Gasteiger partial charge on any atom is 0.332 e. The summed E-state index contributed by atoms with van der Waals surface area (Å²) in [5.41, 5.74) is 1.29. The van der Waals surface area contributed by atoms with Crippen molar-refractivity contribution in [1.82, 2.24) is 4.90 Å². The number of rotatable bonds is 5. The number of amides is 3. The lowest BCUT2D eigenvalue weighted by Gasteiger charge is -2.20. The van der Waals surface area contributed by atoms with Gasteiger partial charge in [-0.1, -0.05) is 28.1 Å². The first kappa shape index (κ1) is 17.4. The Labute approximate surface area is 153 Å². The maximum absolute atomic E-state index is 12.8. The molecule has 2 aromatic rings. The topological polar surface area (TPSA) is 70.1 Å². The molecule has 1 atom stereocenters. The highest BCUT2D eigenvalue weighted by atomic mass is 79.9. The van der Waals surface area contributed by atoms with Crippen LogP contribution in [0.25, 0.3) is 0 Å². The molecule has 1 saturated heterocycles. The first-order valence-electron chi connectivity index (χ1n) is 7.69. The summed E-state index contributed by atoms with van der Waals surface area (Å²) in [5, 5.41) is 9.64. The van der Waals surface area contributed by atoms with Crippen LogP contribution >= 0.6 is 15.9 Å². The molecule has 0 radical (unpaired) electrons. The summed E-state index contributed by atoms with van der Waals surface area (Å²) in [6.45, 7) is -0.221. The van der Waals surface area contributed by atoms with Gasteiger partial charge < -0.3 is 14.7 Å². The fraction of sp³-hybridized carbons (Fsp3) is 0.222. The lowest BCUT2D eigenvalue weighted by atomic mass is 10.2. The van der Waals surface area contributed by atoms with Crippen LogP contribution in [0.1, 0.15) is 5.56 Å². The zero-order valence-electron chi connectivity index (χ0n) is 13.6. The number of aliphatic hydroxyl groups is 1. The number of aliphatic hydroxyl groups excluding tert-OH is 1. The van der Waals surface area contributed by atoms with Crippen LogP contribution in [0.15, 0.2) is 53.0 Å². The van der Waals surface area contributed by atoms with Gasteiger partial charge in [0, 0.05) is 11.0 Å². The summed E-state index contributed by atoms with van der Waals surface area (Å²) in [6.07, 6.45) is 0. The van der Waals surface area contributed by atoms with Gasteiger partial charge in [0.25, 0.3) is 5.91 Å².